The minimum atomic E-state index is -3.16. The minimum absolute atomic E-state index is 0.129. The molecule has 1 N–H and O–H groups in total. The summed E-state index contributed by atoms with van der Waals surface area (Å²) in [5.41, 5.74) is 0.926. The van der Waals surface area contributed by atoms with E-state index in [9.17, 15) is 13.2 Å². The molecule has 1 aromatic carbocycles. The molecule has 3 fully saturated rings. The Hall–Kier alpha value is -1.64. The van der Waals surface area contributed by atoms with Crippen LogP contribution in [-0.4, -0.2) is 81.6 Å². The molecule has 3 saturated heterocycles. The molecular weight excluding hydrogens is 388 g/mol. The van der Waals surface area contributed by atoms with E-state index >= 15 is 0 Å². The van der Waals surface area contributed by atoms with E-state index in [1.165, 1.54) is 16.2 Å². The Labute approximate surface area is 174 Å². The first-order valence-corrected chi connectivity index (χ1v) is 12.5. The highest BCUT2D eigenvalue weighted by molar-refractivity contribution is 7.88. The predicted octanol–water partition coefficient (Wildman–Crippen LogP) is 1.13. The van der Waals surface area contributed by atoms with Gasteiger partial charge in [-0.05, 0) is 37.8 Å². The average Bonchev–Trinajstić information content (AvgIpc) is 3.02. The van der Waals surface area contributed by atoms with Crippen molar-refractivity contribution in [2.75, 3.05) is 57.0 Å². The second kappa shape index (κ2) is 8.24. The highest BCUT2D eigenvalue weighted by Gasteiger charge is 2.48. The van der Waals surface area contributed by atoms with Crippen LogP contribution in [0, 0.1) is 5.41 Å². The molecule has 0 saturated carbocycles. The fraction of sp³-hybridized carbons (Fsp3) is 0.667. The van der Waals surface area contributed by atoms with Gasteiger partial charge in [0.05, 0.1) is 11.7 Å². The number of amides is 1. The Morgan fingerprint density at radius 1 is 1.03 bits per heavy atom. The maximum absolute atomic E-state index is 12.7. The Balaban J connectivity index is 1.23. The summed E-state index contributed by atoms with van der Waals surface area (Å²) in [4.78, 5) is 17.6. The van der Waals surface area contributed by atoms with Crippen LogP contribution in [0.5, 0.6) is 0 Å². The van der Waals surface area contributed by atoms with Crippen molar-refractivity contribution < 1.29 is 13.2 Å². The van der Waals surface area contributed by atoms with Gasteiger partial charge >= 0.3 is 0 Å². The molecule has 1 aromatic rings. The van der Waals surface area contributed by atoms with E-state index in [1.54, 1.807) is 0 Å². The quantitative estimate of drug-likeness (QED) is 0.773. The molecule has 160 valence electrons. The van der Waals surface area contributed by atoms with E-state index < -0.39 is 10.0 Å². The van der Waals surface area contributed by atoms with Crippen molar-refractivity contribution in [3.8, 4) is 0 Å². The lowest BCUT2D eigenvalue weighted by atomic mass is 9.76. The van der Waals surface area contributed by atoms with Crippen molar-refractivity contribution in [1.29, 1.82) is 0 Å². The number of anilines is 1. The maximum atomic E-state index is 12.7. The van der Waals surface area contributed by atoms with Gasteiger partial charge in [0.1, 0.15) is 0 Å². The third kappa shape index (κ3) is 4.59. The first-order chi connectivity index (χ1) is 13.9. The first kappa shape index (κ1) is 20.6. The zero-order chi connectivity index (χ0) is 20.5. The fourth-order valence-corrected chi connectivity index (χ4v) is 5.86. The number of carbonyl (C=O) groups excluding carboxylic acids is 1. The van der Waals surface area contributed by atoms with E-state index in [-0.39, 0.29) is 17.4 Å². The van der Waals surface area contributed by atoms with Crippen LogP contribution >= 0.6 is 0 Å². The number of rotatable bonds is 5. The SMILES string of the molecule is CS(=O)(=O)N1CCC2(CC1)C[C@H](CCN1CCN(c3ccccc3)CC1)NC2=O. The predicted molar refractivity (Wildman–Crippen MR) is 114 cm³/mol. The van der Waals surface area contributed by atoms with Crippen molar-refractivity contribution in [3.63, 3.8) is 0 Å². The minimum Gasteiger partial charge on any atom is -0.369 e. The van der Waals surface area contributed by atoms with E-state index in [1.807, 2.05) is 6.07 Å². The standard InChI is InChI=1S/C21H32N4O3S/c1-29(27,28)25-11-8-21(9-12-25)17-18(22-20(21)26)7-10-23-13-15-24(16-14-23)19-5-3-2-4-6-19/h2-6,18H,7-17H2,1H3,(H,22,26)/t18-/m0/s1. The molecule has 0 aromatic heterocycles. The van der Waals surface area contributed by atoms with E-state index in [4.69, 9.17) is 0 Å². The molecule has 0 radical (unpaired) electrons. The van der Waals surface area contributed by atoms with Crippen molar-refractivity contribution in [2.24, 2.45) is 5.41 Å². The second-order valence-corrected chi connectivity index (χ2v) is 10.8. The van der Waals surface area contributed by atoms with Gasteiger partial charge in [-0.25, -0.2) is 12.7 Å². The Morgan fingerprint density at radius 2 is 1.69 bits per heavy atom. The Kier molecular flexibility index (Phi) is 5.86. The number of nitrogens with zero attached hydrogens (tertiary/aromatic N) is 3. The third-order valence-electron chi connectivity index (χ3n) is 6.89. The van der Waals surface area contributed by atoms with E-state index in [0.29, 0.717) is 25.9 Å². The Morgan fingerprint density at radius 3 is 2.31 bits per heavy atom. The van der Waals surface area contributed by atoms with Gasteiger partial charge in [-0.3, -0.25) is 9.69 Å². The summed E-state index contributed by atoms with van der Waals surface area (Å²) in [5, 5.41) is 3.20. The molecule has 7 nitrogen and oxygen atoms in total. The van der Waals surface area contributed by atoms with Crippen molar-refractivity contribution in [3.05, 3.63) is 30.3 Å². The van der Waals surface area contributed by atoms with Crippen LogP contribution in [0.25, 0.3) is 0 Å². The zero-order valence-corrected chi connectivity index (χ0v) is 18.0. The zero-order valence-electron chi connectivity index (χ0n) is 17.2. The number of piperazine rings is 1. The molecule has 0 unspecified atom stereocenters. The molecule has 1 atom stereocenters. The van der Waals surface area contributed by atoms with Gasteiger partial charge in [-0.2, -0.15) is 0 Å². The topological polar surface area (TPSA) is 73.0 Å². The van der Waals surface area contributed by atoms with Gasteiger partial charge < -0.3 is 10.2 Å². The summed E-state index contributed by atoms with van der Waals surface area (Å²) in [6, 6.07) is 10.8. The van der Waals surface area contributed by atoms with Gasteiger partial charge in [0.2, 0.25) is 15.9 Å². The van der Waals surface area contributed by atoms with Crippen LogP contribution in [0.3, 0.4) is 0 Å². The molecule has 3 aliphatic heterocycles. The summed E-state index contributed by atoms with van der Waals surface area (Å²) in [6.07, 6.45) is 4.33. The monoisotopic (exact) mass is 420 g/mol. The average molecular weight is 421 g/mol. The maximum Gasteiger partial charge on any atom is 0.226 e. The summed E-state index contributed by atoms with van der Waals surface area (Å²) < 4.78 is 25.0. The summed E-state index contributed by atoms with van der Waals surface area (Å²) in [5.74, 6) is 0.129. The van der Waals surface area contributed by atoms with Crippen molar-refractivity contribution >= 4 is 21.6 Å². The van der Waals surface area contributed by atoms with Gasteiger partial charge in [-0.15, -0.1) is 0 Å². The van der Waals surface area contributed by atoms with Gasteiger partial charge in [-0.1, -0.05) is 18.2 Å². The molecule has 0 bridgehead atoms. The summed E-state index contributed by atoms with van der Waals surface area (Å²) >= 11 is 0. The third-order valence-corrected chi connectivity index (χ3v) is 8.19. The largest absolute Gasteiger partial charge is 0.369 e. The smallest absolute Gasteiger partial charge is 0.226 e. The number of benzene rings is 1. The molecular formula is C21H32N4O3S. The number of carbonyl (C=O) groups is 1. The van der Waals surface area contributed by atoms with Crippen LogP contribution in [0.4, 0.5) is 5.69 Å². The van der Waals surface area contributed by atoms with Crippen LogP contribution in [-0.2, 0) is 14.8 Å². The lowest BCUT2D eigenvalue weighted by molar-refractivity contribution is -0.129. The van der Waals surface area contributed by atoms with Gasteiger partial charge in [0.25, 0.3) is 0 Å². The summed E-state index contributed by atoms with van der Waals surface area (Å²) in [6.45, 7) is 6.08. The fourth-order valence-electron chi connectivity index (χ4n) is 5.01. The molecule has 0 aliphatic carbocycles. The second-order valence-electron chi connectivity index (χ2n) is 8.77. The number of hydrogen-bond donors (Lipinski definition) is 1. The highest BCUT2D eigenvalue weighted by Crippen LogP contribution is 2.41. The molecule has 3 aliphatic rings. The van der Waals surface area contributed by atoms with Crippen LogP contribution < -0.4 is 10.2 Å². The lowest BCUT2D eigenvalue weighted by Gasteiger charge is -2.37. The van der Waals surface area contributed by atoms with Gasteiger partial charge in [0, 0.05) is 57.5 Å². The highest BCUT2D eigenvalue weighted by atomic mass is 32.2. The van der Waals surface area contributed by atoms with Crippen molar-refractivity contribution in [1.82, 2.24) is 14.5 Å². The molecule has 1 spiro atoms. The van der Waals surface area contributed by atoms with Crippen LogP contribution in [0.1, 0.15) is 25.7 Å². The Bertz CT molecular complexity index is 814. The number of hydrogen-bond acceptors (Lipinski definition) is 5. The van der Waals surface area contributed by atoms with E-state index in [2.05, 4.69) is 39.4 Å². The van der Waals surface area contributed by atoms with Gasteiger partial charge in [0.15, 0.2) is 0 Å². The number of piperidine rings is 1. The number of sulfonamides is 1. The normalized spacial score (nSPS) is 26.0. The summed E-state index contributed by atoms with van der Waals surface area (Å²) in [7, 11) is -3.16. The molecule has 1 amide bonds. The number of nitrogens with one attached hydrogen (secondary N) is 1. The lowest BCUT2D eigenvalue weighted by Crippen LogP contribution is -2.47. The molecule has 29 heavy (non-hydrogen) atoms. The van der Waals surface area contributed by atoms with Crippen molar-refractivity contribution in [2.45, 2.75) is 31.7 Å². The molecule has 3 heterocycles. The molecule has 4 rings (SSSR count). The van der Waals surface area contributed by atoms with Crippen LogP contribution in [0.2, 0.25) is 0 Å². The first-order valence-electron chi connectivity index (χ1n) is 10.6. The molecule has 8 heteroatoms. The van der Waals surface area contributed by atoms with E-state index in [0.717, 1.165) is 45.6 Å². The van der Waals surface area contributed by atoms with Crippen LogP contribution in [0.15, 0.2) is 30.3 Å². The number of para-hydroxylation sites is 1.